The van der Waals surface area contributed by atoms with Crippen molar-refractivity contribution in [2.75, 3.05) is 5.73 Å². The van der Waals surface area contributed by atoms with Gasteiger partial charge in [-0.05, 0) is 33.8 Å². The zero-order chi connectivity index (χ0) is 21.7. The van der Waals surface area contributed by atoms with Gasteiger partial charge in [-0.3, -0.25) is 4.79 Å². The number of carbonyl (C=O) groups is 3. The van der Waals surface area contributed by atoms with Crippen LogP contribution in [0.2, 0.25) is 0 Å². The van der Waals surface area contributed by atoms with E-state index in [0.717, 1.165) is 11.5 Å². The third-order valence-electron chi connectivity index (χ3n) is 5.35. The van der Waals surface area contributed by atoms with Crippen LogP contribution in [0.3, 0.4) is 0 Å². The monoisotopic (exact) mass is 395 g/mol. The van der Waals surface area contributed by atoms with Gasteiger partial charge in [0.2, 0.25) is 6.17 Å². The van der Waals surface area contributed by atoms with E-state index in [1.165, 1.54) is 40.0 Å². The first-order valence-electron chi connectivity index (χ1n) is 8.54. The lowest BCUT2D eigenvalue weighted by Gasteiger charge is -2.57. The number of nitrogens with two attached hydrogens (primary N) is 1. The Balaban J connectivity index is 2.97. The number of ether oxygens (including phenoxy) is 1. The van der Waals surface area contributed by atoms with Crippen molar-refractivity contribution in [2.24, 2.45) is 0 Å². The lowest BCUT2D eigenvalue weighted by atomic mass is 9.89. The molecule has 4 atom stereocenters. The molecule has 1 aromatic heterocycles. The quantitative estimate of drug-likeness (QED) is 0.455. The number of aromatic nitrogens is 2. The number of nitrogen functional groups attached to an aromatic ring is 1. The largest absolute Gasteiger partial charge is 0.544 e. The minimum Gasteiger partial charge on any atom is -0.544 e. The summed E-state index contributed by atoms with van der Waals surface area (Å²) in [5, 5.41) is 24.7. The number of carboxylic acids is 1. The van der Waals surface area contributed by atoms with E-state index in [-0.39, 0.29) is 5.82 Å². The highest BCUT2D eigenvalue weighted by Gasteiger charge is 2.71. The van der Waals surface area contributed by atoms with E-state index in [9.17, 15) is 29.4 Å². The molecule has 11 heteroatoms. The number of esters is 1. The van der Waals surface area contributed by atoms with E-state index >= 15 is 0 Å². The van der Waals surface area contributed by atoms with Crippen molar-refractivity contribution >= 4 is 23.8 Å². The first-order valence-corrected chi connectivity index (χ1v) is 8.54. The molecule has 2 rings (SSSR count). The topological polar surface area (TPSA) is 167 Å². The van der Waals surface area contributed by atoms with Crippen LogP contribution in [0.5, 0.6) is 0 Å². The molecule has 11 nitrogen and oxygen atoms in total. The molecule has 154 valence electrons. The van der Waals surface area contributed by atoms with Gasteiger partial charge in [-0.15, -0.1) is 0 Å². The van der Waals surface area contributed by atoms with Gasteiger partial charge in [0.1, 0.15) is 17.3 Å². The van der Waals surface area contributed by atoms with E-state index in [1.807, 2.05) is 0 Å². The van der Waals surface area contributed by atoms with Crippen LogP contribution in [0.4, 0.5) is 10.6 Å². The summed E-state index contributed by atoms with van der Waals surface area (Å²) in [4.78, 5) is 52.5. The lowest BCUT2D eigenvalue weighted by molar-refractivity contribution is -0.979. The summed E-state index contributed by atoms with van der Waals surface area (Å²) < 4.78 is 4.91. The van der Waals surface area contributed by atoms with E-state index < -0.39 is 58.0 Å². The molecule has 2 N–H and O–H groups in total. The van der Waals surface area contributed by atoms with Crippen LogP contribution in [0.1, 0.15) is 47.2 Å². The SMILES string of the molecule is CC(=O)O[C@@H]1C[C@@](C)(C(=O)[O-])[N+](C(=O)[O-])(C(C)(C)C)[C@H]1n1ccc(N)nc1=O. The van der Waals surface area contributed by atoms with Gasteiger partial charge in [-0.2, -0.15) is 4.98 Å². The molecule has 0 radical (unpaired) electrons. The van der Waals surface area contributed by atoms with E-state index in [2.05, 4.69) is 4.98 Å². The fourth-order valence-corrected chi connectivity index (χ4v) is 4.44. The zero-order valence-corrected chi connectivity index (χ0v) is 16.3. The number of carboxylic acid groups (broad SMARTS) is 2. The van der Waals surface area contributed by atoms with Crippen molar-refractivity contribution in [2.45, 2.75) is 64.4 Å². The van der Waals surface area contributed by atoms with Gasteiger partial charge in [-0.25, -0.2) is 13.8 Å². The average Bonchev–Trinajstić information content (AvgIpc) is 2.77. The third kappa shape index (κ3) is 2.82. The summed E-state index contributed by atoms with van der Waals surface area (Å²) in [7, 11) is 0. The normalized spacial score (nSPS) is 30.0. The summed E-state index contributed by atoms with van der Waals surface area (Å²) in [5.41, 5.74) is 1.20. The Labute approximate surface area is 160 Å². The highest BCUT2D eigenvalue weighted by molar-refractivity contribution is 5.78. The van der Waals surface area contributed by atoms with Crippen LogP contribution >= 0.6 is 0 Å². The molecule has 1 aliphatic heterocycles. The van der Waals surface area contributed by atoms with Gasteiger partial charge in [0, 0.05) is 13.1 Å². The van der Waals surface area contributed by atoms with E-state index in [0.29, 0.717) is 0 Å². The third-order valence-corrected chi connectivity index (χ3v) is 5.35. The molecule has 0 aliphatic carbocycles. The molecule has 1 amide bonds. The Bertz CT molecular complexity index is 890. The van der Waals surface area contributed by atoms with Crippen molar-refractivity contribution in [3.8, 4) is 0 Å². The number of anilines is 1. The predicted octanol–water partition coefficient (Wildman–Crippen LogP) is -1.87. The number of nitrogens with zero attached hydrogens (tertiary/aromatic N) is 3. The van der Waals surface area contributed by atoms with Crippen LogP contribution in [0, 0.1) is 0 Å². The number of carbonyl (C=O) groups excluding carboxylic acids is 3. The Morgan fingerprint density at radius 1 is 1.36 bits per heavy atom. The molecule has 1 saturated heterocycles. The fourth-order valence-electron chi connectivity index (χ4n) is 4.44. The molecule has 1 aliphatic rings. The minimum absolute atomic E-state index is 0.103. The molecule has 1 aromatic rings. The molecule has 0 bridgehead atoms. The van der Waals surface area contributed by atoms with Gasteiger partial charge >= 0.3 is 11.7 Å². The van der Waals surface area contributed by atoms with Crippen LogP contribution in [0.25, 0.3) is 0 Å². The zero-order valence-electron chi connectivity index (χ0n) is 16.3. The van der Waals surface area contributed by atoms with Crippen molar-refractivity contribution in [1.82, 2.24) is 9.55 Å². The molecule has 2 heterocycles. The first kappa shape index (κ1) is 21.4. The van der Waals surface area contributed by atoms with Crippen LogP contribution in [-0.4, -0.2) is 49.2 Å². The van der Waals surface area contributed by atoms with Gasteiger partial charge in [0.05, 0.1) is 12.0 Å². The first-order chi connectivity index (χ1) is 12.7. The van der Waals surface area contributed by atoms with Crippen LogP contribution in [-0.2, 0) is 14.3 Å². The highest BCUT2D eigenvalue weighted by atomic mass is 16.5. The summed E-state index contributed by atoms with van der Waals surface area (Å²) in [5.74, 6) is -2.55. The second-order valence-electron chi connectivity index (χ2n) is 8.03. The number of rotatable bonds is 3. The molecule has 0 spiro atoms. The van der Waals surface area contributed by atoms with Gasteiger partial charge in [0.15, 0.2) is 6.10 Å². The Morgan fingerprint density at radius 3 is 2.32 bits per heavy atom. The second kappa shape index (κ2) is 6.59. The predicted molar refractivity (Wildman–Crippen MR) is 90.9 cm³/mol. The summed E-state index contributed by atoms with van der Waals surface area (Å²) >= 11 is 0. The van der Waals surface area contributed by atoms with Crippen LogP contribution < -0.4 is 21.6 Å². The van der Waals surface area contributed by atoms with Gasteiger partial charge in [0.25, 0.3) is 6.09 Å². The smallest absolute Gasteiger partial charge is 0.354 e. The highest BCUT2D eigenvalue weighted by Crippen LogP contribution is 2.53. The number of hydrogen-bond acceptors (Lipinski definition) is 9. The molecular formula is C17H23N4O7-. The number of aliphatic carboxylic acids is 1. The van der Waals surface area contributed by atoms with E-state index in [4.69, 9.17) is 10.5 Å². The molecule has 0 saturated carbocycles. The molecule has 28 heavy (non-hydrogen) atoms. The van der Waals surface area contributed by atoms with Gasteiger partial charge < -0.3 is 30.3 Å². The lowest BCUT2D eigenvalue weighted by Crippen LogP contribution is -2.79. The van der Waals surface area contributed by atoms with Crippen molar-refractivity contribution in [3.05, 3.63) is 22.7 Å². The number of likely N-dealkylation sites (tertiary alicyclic amines) is 1. The number of hydrogen-bond donors (Lipinski definition) is 1. The van der Waals surface area contributed by atoms with Gasteiger partial charge in [-0.1, -0.05) is 0 Å². The van der Waals surface area contributed by atoms with Crippen molar-refractivity contribution in [1.29, 1.82) is 0 Å². The van der Waals surface area contributed by atoms with Crippen molar-refractivity contribution < 1.29 is 33.8 Å². The fraction of sp³-hybridized carbons (Fsp3) is 0.588. The molecule has 0 aromatic carbocycles. The maximum absolute atomic E-state index is 12.6. The maximum Gasteiger partial charge on any atom is 0.354 e. The molecule has 1 fully saturated rings. The molecule has 1 unspecified atom stereocenters. The Hall–Kier alpha value is -2.95. The number of quaternary nitrogens is 1. The Morgan fingerprint density at radius 2 is 1.93 bits per heavy atom. The summed E-state index contributed by atoms with van der Waals surface area (Å²) in [6, 6.07) is 1.26. The van der Waals surface area contributed by atoms with Crippen LogP contribution in [0.15, 0.2) is 17.1 Å². The minimum atomic E-state index is -2.08. The van der Waals surface area contributed by atoms with E-state index in [1.54, 1.807) is 0 Å². The Kier molecular flexibility index (Phi) is 5.02. The van der Waals surface area contributed by atoms with Crippen molar-refractivity contribution in [3.63, 3.8) is 0 Å². The standard InChI is InChI=1S/C17H24N4O7/c1-9(22)28-10-8-17(5,13(23)24)21(15(26)27,16(2,3)4)12(10)20-7-6-11(18)19-14(20)25/h6-7,10,12H,8H2,1-5H3,(H3-,18,19,23,24,25,26,27)/p-1/t10-,12-,17+,21?/m1/s1. The second-order valence-corrected chi connectivity index (χ2v) is 8.03. The maximum atomic E-state index is 12.6. The molecular weight excluding hydrogens is 372 g/mol. The summed E-state index contributed by atoms with van der Waals surface area (Å²) in [6.45, 7) is 6.74. The number of amides is 1. The average molecular weight is 395 g/mol. The summed E-state index contributed by atoms with van der Waals surface area (Å²) in [6.07, 6.45) is -3.74.